The number of hydrogen-bond donors (Lipinski definition) is 1. The van der Waals surface area contributed by atoms with Crippen LogP contribution >= 0.6 is 0 Å². The van der Waals surface area contributed by atoms with Crippen LogP contribution in [0.4, 0.5) is 5.69 Å². The molecule has 31 heavy (non-hydrogen) atoms. The fourth-order valence-electron chi connectivity index (χ4n) is 3.01. The summed E-state index contributed by atoms with van der Waals surface area (Å²) in [7, 11) is 1.61. The van der Waals surface area contributed by atoms with Gasteiger partial charge in [-0.15, -0.1) is 0 Å². The number of nitrogens with one attached hydrogen (secondary N) is 1. The van der Waals surface area contributed by atoms with Crippen LogP contribution in [0.15, 0.2) is 51.7 Å². The highest BCUT2D eigenvalue weighted by atomic mass is 16.6. The third kappa shape index (κ3) is 5.92. The molecule has 3 aromatic rings. The molecule has 0 aliphatic heterocycles. The van der Waals surface area contributed by atoms with Gasteiger partial charge in [0.25, 0.3) is 5.69 Å². The predicted octanol–water partition coefficient (Wildman–Crippen LogP) is 2.62. The lowest BCUT2D eigenvalue weighted by atomic mass is 10.2. The first-order chi connectivity index (χ1) is 15.0. The van der Waals surface area contributed by atoms with Crippen molar-refractivity contribution in [3.8, 4) is 5.75 Å². The Kier molecular flexibility index (Phi) is 7.39. The molecule has 10 heteroatoms. The second kappa shape index (κ2) is 10.4. The van der Waals surface area contributed by atoms with E-state index in [0.29, 0.717) is 31.7 Å². The molecule has 0 unspecified atom stereocenters. The van der Waals surface area contributed by atoms with Crippen molar-refractivity contribution in [2.75, 3.05) is 20.3 Å². The van der Waals surface area contributed by atoms with Gasteiger partial charge in [-0.25, -0.2) is 4.79 Å². The Labute approximate surface area is 177 Å². The number of rotatable bonds is 11. The molecule has 2 aromatic carbocycles. The van der Waals surface area contributed by atoms with E-state index < -0.39 is 10.7 Å². The molecule has 3 rings (SSSR count). The summed E-state index contributed by atoms with van der Waals surface area (Å²) in [6.07, 6.45) is 0.647. The first-order valence-electron chi connectivity index (χ1n) is 9.73. The van der Waals surface area contributed by atoms with E-state index in [9.17, 15) is 19.7 Å². The fraction of sp³-hybridized carbons (Fsp3) is 0.333. The Morgan fingerprint density at radius 1 is 1.19 bits per heavy atom. The van der Waals surface area contributed by atoms with E-state index in [0.717, 1.165) is 11.3 Å². The number of non-ortho nitro benzene ring substituents is 1. The molecular weight excluding hydrogens is 406 g/mol. The van der Waals surface area contributed by atoms with Crippen molar-refractivity contribution in [3.63, 3.8) is 0 Å². The van der Waals surface area contributed by atoms with Crippen LogP contribution in [0.1, 0.15) is 18.4 Å². The summed E-state index contributed by atoms with van der Waals surface area (Å²) in [4.78, 5) is 34.4. The van der Waals surface area contributed by atoms with E-state index in [1.807, 2.05) is 24.3 Å². The van der Waals surface area contributed by atoms with Crippen LogP contribution in [0, 0.1) is 10.1 Å². The normalized spacial score (nSPS) is 10.9. The van der Waals surface area contributed by atoms with Gasteiger partial charge in [-0.05, 0) is 30.2 Å². The molecule has 0 aliphatic carbocycles. The summed E-state index contributed by atoms with van der Waals surface area (Å²) < 4.78 is 16.9. The van der Waals surface area contributed by atoms with Gasteiger partial charge in [0.2, 0.25) is 5.91 Å². The highest BCUT2D eigenvalue weighted by molar-refractivity contribution is 5.76. The van der Waals surface area contributed by atoms with Crippen molar-refractivity contribution in [1.29, 1.82) is 0 Å². The minimum atomic E-state index is -0.608. The number of carbonyl (C=O) groups excluding carboxylic acids is 1. The quantitative estimate of drug-likeness (QED) is 0.282. The number of hydrogen-bond acceptors (Lipinski definition) is 7. The zero-order chi connectivity index (χ0) is 22.2. The number of nitrogens with zero attached hydrogens (tertiary/aromatic N) is 2. The van der Waals surface area contributed by atoms with Gasteiger partial charge in [0.15, 0.2) is 5.58 Å². The Bertz CT molecular complexity index is 1100. The maximum absolute atomic E-state index is 12.1. The summed E-state index contributed by atoms with van der Waals surface area (Å²) in [5.41, 5.74) is 1.40. The molecule has 0 saturated heterocycles. The standard InChI is InChI=1S/C21H23N3O7/c1-29-11-12-30-17-7-4-15(5-8-17)14-22-20(25)3-2-10-23-18-9-6-16(24(27)28)13-19(18)31-21(23)26/h4-9,13H,2-3,10-12,14H2,1H3,(H,22,25). The topological polar surface area (TPSA) is 126 Å². The average molecular weight is 429 g/mol. The minimum absolute atomic E-state index is 0.142. The number of aryl methyl sites for hydroxylation is 1. The van der Waals surface area contributed by atoms with Crippen molar-refractivity contribution in [1.82, 2.24) is 9.88 Å². The molecule has 0 aliphatic rings. The van der Waals surface area contributed by atoms with Crippen LogP contribution in [0.5, 0.6) is 5.75 Å². The van der Waals surface area contributed by atoms with Crippen molar-refractivity contribution < 1.29 is 23.6 Å². The lowest BCUT2D eigenvalue weighted by molar-refractivity contribution is -0.384. The van der Waals surface area contributed by atoms with E-state index in [2.05, 4.69) is 5.32 Å². The first kappa shape index (κ1) is 22.0. The molecule has 1 heterocycles. The van der Waals surface area contributed by atoms with Crippen molar-refractivity contribution >= 4 is 22.7 Å². The number of nitro groups is 1. The molecule has 0 spiro atoms. The van der Waals surface area contributed by atoms with Crippen LogP contribution in [-0.2, 0) is 22.6 Å². The van der Waals surface area contributed by atoms with E-state index in [1.54, 1.807) is 7.11 Å². The van der Waals surface area contributed by atoms with Gasteiger partial charge in [0, 0.05) is 32.7 Å². The third-order valence-electron chi connectivity index (χ3n) is 4.62. The van der Waals surface area contributed by atoms with Crippen LogP contribution < -0.4 is 15.8 Å². The van der Waals surface area contributed by atoms with Crippen LogP contribution in [0.2, 0.25) is 0 Å². The maximum Gasteiger partial charge on any atom is 0.419 e. The Morgan fingerprint density at radius 2 is 1.97 bits per heavy atom. The van der Waals surface area contributed by atoms with Gasteiger partial charge in [-0.3, -0.25) is 19.5 Å². The monoisotopic (exact) mass is 429 g/mol. The second-order valence-corrected chi connectivity index (χ2v) is 6.79. The van der Waals surface area contributed by atoms with Gasteiger partial charge in [-0.1, -0.05) is 12.1 Å². The molecule has 0 fully saturated rings. The van der Waals surface area contributed by atoms with Gasteiger partial charge in [0.05, 0.1) is 23.1 Å². The molecule has 1 aromatic heterocycles. The summed E-state index contributed by atoms with van der Waals surface area (Å²) in [6.45, 7) is 1.64. The number of aromatic nitrogens is 1. The van der Waals surface area contributed by atoms with E-state index in [1.165, 1.54) is 22.8 Å². The van der Waals surface area contributed by atoms with Gasteiger partial charge in [0.1, 0.15) is 12.4 Å². The summed E-state index contributed by atoms with van der Waals surface area (Å²) in [5, 5.41) is 13.7. The predicted molar refractivity (Wildman–Crippen MR) is 112 cm³/mol. The summed E-state index contributed by atoms with van der Waals surface area (Å²) in [5.74, 6) is -0.0177. The van der Waals surface area contributed by atoms with Crippen molar-refractivity contribution in [3.05, 3.63) is 68.7 Å². The molecule has 0 saturated carbocycles. The Morgan fingerprint density at radius 3 is 2.68 bits per heavy atom. The van der Waals surface area contributed by atoms with Crippen LogP contribution in [0.25, 0.3) is 11.1 Å². The van der Waals surface area contributed by atoms with E-state index in [4.69, 9.17) is 13.9 Å². The van der Waals surface area contributed by atoms with Gasteiger partial charge in [-0.2, -0.15) is 0 Å². The number of oxazole rings is 1. The molecule has 1 amide bonds. The zero-order valence-corrected chi connectivity index (χ0v) is 17.0. The second-order valence-electron chi connectivity index (χ2n) is 6.79. The lowest BCUT2D eigenvalue weighted by Crippen LogP contribution is -2.23. The molecule has 0 bridgehead atoms. The van der Waals surface area contributed by atoms with Crippen molar-refractivity contribution in [2.45, 2.75) is 25.9 Å². The first-order valence-corrected chi connectivity index (χ1v) is 9.73. The minimum Gasteiger partial charge on any atom is -0.491 e. The number of carbonyl (C=O) groups is 1. The molecule has 0 radical (unpaired) electrons. The Hall–Kier alpha value is -3.66. The maximum atomic E-state index is 12.1. The molecule has 1 N–H and O–H groups in total. The highest BCUT2D eigenvalue weighted by Gasteiger charge is 2.14. The van der Waals surface area contributed by atoms with Gasteiger partial charge >= 0.3 is 5.76 Å². The molecule has 164 valence electrons. The fourth-order valence-corrected chi connectivity index (χ4v) is 3.01. The number of ether oxygens (including phenoxy) is 2. The third-order valence-corrected chi connectivity index (χ3v) is 4.62. The van der Waals surface area contributed by atoms with Crippen molar-refractivity contribution in [2.24, 2.45) is 0 Å². The number of amides is 1. The summed E-state index contributed by atoms with van der Waals surface area (Å²) >= 11 is 0. The number of methoxy groups -OCH3 is 1. The Balaban J connectivity index is 1.47. The number of benzene rings is 2. The van der Waals surface area contributed by atoms with Gasteiger partial charge < -0.3 is 19.2 Å². The molecule has 0 atom stereocenters. The van der Waals surface area contributed by atoms with E-state index in [-0.39, 0.29) is 30.1 Å². The largest absolute Gasteiger partial charge is 0.491 e. The van der Waals surface area contributed by atoms with E-state index >= 15 is 0 Å². The van der Waals surface area contributed by atoms with Crippen LogP contribution in [-0.4, -0.2) is 35.7 Å². The molecular formula is C21H23N3O7. The highest BCUT2D eigenvalue weighted by Crippen LogP contribution is 2.20. The molecule has 10 nitrogen and oxygen atoms in total. The van der Waals surface area contributed by atoms with Crippen LogP contribution in [0.3, 0.4) is 0 Å². The zero-order valence-electron chi connectivity index (χ0n) is 17.0. The lowest BCUT2D eigenvalue weighted by Gasteiger charge is -2.08. The summed E-state index contributed by atoms with van der Waals surface area (Å²) in [6, 6.07) is 11.4. The average Bonchev–Trinajstić information content (AvgIpc) is 3.07. The SMILES string of the molecule is COCCOc1ccc(CNC(=O)CCCn2c(=O)oc3cc([N+](=O)[O-])ccc32)cc1. The smallest absolute Gasteiger partial charge is 0.419 e. The number of fused-ring (bicyclic) bond motifs is 1. The number of nitro benzene ring substituents is 1.